The van der Waals surface area contributed by atoms with Gasteiger partial charge in [-0.3, -0.25) is 9.58 Å². The lowest BCUT2D eigenvalue weighted by atomic mass is 10.1. The second kappa shape index (κ2) is 6.88. The molecule has 2 aromatic heterocycles. The van der Waals surface area contributed by atoms with E-state index in [1.54, 1.807) is 0 Å². The number of nitrogens with zero attached hydrogens (tertiary/aromatic N) is 6. The lowest BCUT2D eigenvalue weighted by Crippen LogP contribution is -2.37. The summed E-state index contributed by atoms with van der Waals surface area (Å²) in [6.07, 6.45) is -0.0454. The van der Waals surface area contributed by atoms with Crippen molar-refractivity contribution in [2.45, 2.75) is 38.1 Å². The Hall–Kier alpha value is -1.97. The van der Waals surface area contributed by atoms with E-state index in [1.807, 2.05) is 0 Å². The number of hydrogen-bond acceptors (Lipinski definition) is 4. The van der Waals surface area contributed by atoms with Crippen LogP contribution in [0.25, 0.3) is 0 Å². The second-order valence-electron chi connectivity index (χ2n) is 5.80. The van der Waals surface area contributed by atoms with Crippen molar-refractivity contribution in [1.29, 1.82) is 0 Å². The monoisotopic (exact) mass is 346 g/mol. The Labute approximate surface area is 136 Å². The van der Waals surface area contributed by atoms with Crippen LogP contribution in [0.1, 0.15) is 30.4 Å². The molecule has 1 fully saturated rings. The molecule has 0 aromatic carbocycles. The standard InChI is InChI=1S/C14H18F4N6/c15-4-7-24-13(19-10-20-24)9-22-5-1-2-11(8-22)23-6-3-12(21-23)14(16,17)18/h3,6,10-11H,1-2,4-5,7-9H2. The van der Waals surface area contributed by atoms with E-state index in [2.05, 4.69) is 20.1 Å². The highest BCUT2D eigenvalue weighted by atomic mass is 19.4. The summed E-state index contributed by atoms with van der Waals surface area (Å²) in [5, 5.41) is 7.64. The zero-order valence-electron chi connectivity index (χ0n) is 13.0. The van der Waals surface area contributed by atoms with Crippen molar-refractivity contribution >= 4 is 0 Å². The Balaban J connectivity index is 1.66. The van der Waals surface area contributed by atoms with Gasteiger partial charge >= 0.3 is 6.18 Å². The van der Waals surface area contributed by atoms with Crippen LogP contribution in [-0.2, 0) is 19.3 Å². The molecule has 1 unspecified atom stereocenters. The number of rotatable bonds is 5. The average Bonchev–Trinajstić information content (AvgIpc) is 3.18. The van der Waals surface area contributed by atoms with Crippen LogP contribution in [0.15, 0.2) is 18.6 Å². The van der Waals surface area contributed by atoms with Crippen molar-refractivity contribution in [2.24, 2.45) is 0 Å². The summed E-state index contributed by atoms with van der Waals surface area (Å²) in [7, 11) is 0. The van der Waals surface area contributed by atoms with Crippen LogP contribution >= 0.6 is 0 Å². The molecule has 1 atom stereocenters. The fourth-order valence-corrected chi connectivity index (χ4v) is 2.96. The first-order valence-electron chi connectivity index (χ1n) is 7.74. The molecule has 10 heteroatoms. The molecule has 0 saturated carbocycles. The van der Waals surface area contributed by atoms with Gasteiger partial charge in [0, 0.05) is 12.7 Å². The van der Waals surface area contributed by atoms with Gasteiger partial charge in [0.25, 0.3) is 0 Å². The molecular weight excluding hydrogens is 328 g/mol. The summed E-state index contributed by atoms with van der Waals surface area (Å²) in [4.78, 5) is 6.22. The van der Waals surface area contributed by atoms with E-state index in [0.29, 0.717) is 18.9 Å². The van der Waals surface area contributed by atoms with Crippen LogP contribution in [0.4, 0.5) is 17.6 Å². The van der Waals surface area contributed by atoms with Crippen LogP contribution in [0.2, 0.25) is 0 Å². The fraction of sp³-hybridized carbons (Fsp3) is 0.643. The summed E-state index contributed by atoms with van der Waals surface area (Å²) < 4.78 is 53.4. The van der Waals surface area contributed by atoms with Gasteiger partial charge in [-0.1, -0.05) is 0 Å². The van der Waals surface area contributed by atoms with E-state index in [1.165, 1.54) is 21.9 Å². The number of alkyl halides is 4. The second-order valence-corrected chi connectivity index (χ2v) is 5.80. The van der Waals surface area contributed by atoms with Crippen LogP contribution in [0, 0.1) is 0 Å². The molecule has 1 aliphatic rings. The predicted octanol–water partition coefficient (Wildman–Crippen LogP) is 2.30. The molecule has 0 bridgehead atoms. The highest BCUT2D eigenvalue weighted by molar-refractivity contribution is 5.04. The summed E-state index contributed by atoms with van der Waals surface area (Å²) in [5.41, 5.74) is -0.873. The number of aryl methyl sites for hydroxylation is 1. The minimum absolute atomic E-state index is 0.118. The smallest absolute Gasteiger partial charge is 0.294 e. The molecule has 1 aliphatic heterocycles. The van der Waals surface area contributed by atoms with Gasteiger partial charge in [0.05, 0.1) is 19.1 Å². The topological polar surface area (TPSA) is 51.8 Å². The lowest BCUT2D eigenvalue weighted by Gasteiger charge is -2.32. The van der Waals surface area contributed by atoms with Crippen LogP contribution in [-0.4, -0.2) is 49.2 Å². The Morgan fingerprint density at radius 2 is 2.12 bits per heavy atom. The molecule has 132 valence electrons. The van der Waals surface area contributed by atoms with Gasteiger partial charge in [-0.05, 0) is 25.5 Å². The molecule has 0 spiro atoms. The number of likely N-dealkylation sites (tertiary alicyclic amines) is 1. The van der Waals surface area contributed by atoms with E-state index < -0.39 is 18.5 Å². The normalized spacial score (nSPS) is 19.8. The molecule has 3 rings (SSSR count). The quantitative estimate of drug-likeness (QED) is 0.780. The van der Waals surface area contributed by atoms with E-state index in [0.717, 1.165) is 25.5 Å². The van der Waals surface area contributed by atoms with Gasteiger partial charge in [0.2, 0.25) is 0 Å². The maximum absolute atomic E-state index is 12.7. The van der Waals surface area contributed by atoms with Crippen molar-refractivity contribution < 1.29 is 17.6 Å². The van der Waals surface area contributed by atoms with Gasteiger partial charge in [-0.25, -0.2) is 14.1 Å². The molecule has 0 aliphatic carbocycles. The number of aromatic nitrogens is 5. The molecular formula is C14H18F4N6. The van der Waals surface area contributed by atoms with Gasteiger partial charge in [0.1, 0.15) is 18.8 Å². The van der Waals surface area contributed by atoms with Crippen LogP contribution in [0.5, 0.6) is 0 Å². The highest BCUT2D eigenvalue weighted by Crippen LogP contribution is 2.29. The van der Waals surface area contributed by atoms with E-state index in [9.17, 15) is 17.6 Å². The summed E-state index contributed by atoms with van der Waals surface area (Å²) in [6.45, 7) is 1.50. The molecule has 3 heterocycles. The minimum Gasteiger partial charge on any atom is -0.294 e. The highest BCUT2D eigenvalue weighted by Gasteiger charge is 2.34. The minimum atomic E-state index is -4.43. The van der Waals surface area contributed by atoms with Crippen molar-refractivity contribution in [3.63, 3.8) is 0 Å². The van der Waals surface area contributed by atoms with Gasteiger partial charge in [0.15, 0.2) is 5.69 Å². The Morgan fingerprint density at radius 1 is 1.29 bits per heavy atom. The maximum atomic E-state index is 12.7. The molecule has 0 N–H and O–H groups in total. The summed E-state index contributed by atoms with van der Waals surface area (Å²) >= 11 is 0. The van der Waals surface area contributed by atoms with E-state index in [4.69, 9.17) is 0 Å². The number of piperidine rings is 1. The third-order valence-corrected chi connectivity index (χ3v) is 4.11. The third kappa shape index (κ3) is 3.74. The SMILES string of the molecule is FCCn1ncnc1CN1CCCC(n2ccc(C(F)(F)F)n2)C1. The summed E-state index contributed by atoms with van der Waals surface area (Å²) in [6, 6.07) is 0.879. The average molecular weight is 346 g/mol. The van der Waals surface area contributed by atoms with Gasteiger partial charge in [-0.2, -0.15) is 23.4 Å². The first-order valence-corrected chi connectivity index (χ1v) is 7.74. The Bertz CT molecular complexity index is 664. The Kier molecular flexibility index (Phi) is 4.83. The molecule has 0 amide bonds. The largest absolute Gasteiger partial charge is 0.435 e. The fourth-order valence-electron chi connectivity index (χ4n) is 2.96. The zero-order chi connectivity index (χ0) is 17.2. The lowest BCUT2D eigenvalue weighted by molar-refractivity contribution is -0.141. The molecule has 0 radical (unpaired) electrons. The molecule has 2 aromatic rings. The third-order valence-electron chi connectivity index (χ3n) is 4.11. The van der Waals surface area contributed by atoms with Crippen molar-refractivity contribution in [1.82, 2.24) is 29.4 Å². The van der Waals surface area contributed by atoms with Gasteiger partial charge < -0.3 is 0 Å². The van der Waals surface area contributed by atoms with E-state index in [-0.39, 0.29) is 12.6 Å². The van der Waals surface area contributed by atoms with Crippen molar-refractivity contribution in [3.05, 3.63) is 30.1 Å². The molecule has 1 saturated heterocycles. The zero-order valence-corrected chi connectivity index (χ0v) is 13.0. The van der Waals surface area contributed by atoms with E-state index >= 15 is 0 Å². The van der Waals surface area contributed by atoms with Gasteiger partial charge in [-0.15, -0.1) is 0 Å². The number of halogens is 4. The predicted molar refractivity (Wildman–Crippen MR) is 76.8 cm³/mol. The Morgan fingerprint density at radius 3 is 2.83 bits per heavy atom. The van der Waals surface area contributed by atoms with Crippen molar-refractivity contribution in [3.8, 4) is 0 Å². The van der Waals surface area contributed by atoms with Crippen LogP contribution < -0.4 is 0 Å². The molecule has 6 nitrogen and oxygen atoms in total. The first kappa shape index (κ1) is 16.9. The van der Waals surface area contributed by atoms with Crippen LogP contribution in [0.3, 0.4) is 0 Å². The summed E-state index contributed by atoms with van der Waals surface area (Å²) in [5.74, 6) is 0.657. The first-order chi connectivity index (χ1) is 11.5. The maximum Gasteiger partial charge on any atom is 0.435 e. The number of hydrogen-bond donors (Lipinski definition) is 0. The van der Waals surface area contributed by atoms with Crippen molar-refractivity contribution in [2.75, 3.05) is 19.8 Å². The molecule has 24 heavy (non-hydrogen) atoms.